The minimum Gasteiger partial charge on any atom is -0.342 e. The van der Waals surface area contributed by atoms with Crippen molar-refractivity contribution in [2.24, 2.45) is 7.05 Å². The van der Waals surface area contributed by atoms with Crippen LogP contribution in [0, 0.1) is 11.3 Å². The molecule has 0 fully saturated rings. The van der Waals surface area contributed by atoms with Gasteiger partial charge in [0.05, 0.1) is 0 Å². The summed E-state index contributed by atoms with van der Waals surface area (Å²) in [5.41, 5.74) is 3.26. The van der Waals surface area contributed by atoms with E-state index >= 15 is 0 Å². The highest BCUT2D eigenvalue weighted by molar-refractivity contribution is 5.28. The molecule has 1 aromatic carbocycles. The standard InChI is InChI=1S/C17H21N3/c1-14(16-6-4-3-5-7-16)8-9-19-12-15-10-17(11-18)20(2)13-15/h3-7,10,13-14,19H,8-9,12H2,1-2H3. The summed E-state index contributed by atoms with van der Waals surface area (Å²) in [6.45, 7) is 4.05. The largest absolute Gasteiger partial charge is 0.342 e. The lowest BCUT2D eigenvalue weighted by molar-refractivity contribution is 0.594. The minimum atomic E-state index is 0.564. The third-order valence-corrected chi connectivity index (χ3v) is 3.63. The van der Waals surface area contributed by atoms with E-state index in [4.69, 9.17) is 5.26 Å². The Labute approximate surface area is 120 Å². The van der Waals surface area contributed by atoms with Crippen LogP contribution in [0.1, 0.15) is 36.1 Å². The van der Waals surface area contributed by atoms with Gasteiger partial charge < -0.3 is 9.88 Å². The minimum absolute atomic E-state index is 0.564. The Morgan fingerprint density at radius 2 is 2.05 bits per heavy atom. The van der Waals surface area contributed by atoms with Crippen LogP contribution >= 0.6 is 0 Å². The number of hydrogen-bond acceptors (Lipinski definition) is 2. The van der Waals surface area contributed by atoms with Gasteiger partial charge >= 0.3 is 0 Å². The van der Waals surface area contributed by atoms with Crippen molar-refractivity contribution in [1.29, 1.82) is 5.26 Å². The van der Waals surface area contributed by atoms with Gasteiger partial charge in [0.25, 0.3) is 0 Å². The maximum absolute atomic E-state index is 8.91. The Hall–Kier alpha value is -2.05. The maximum Gasteiger partial charge on any atom is 0.120 e. The molecule has 1 atom stereocenters. The first-order chi connectivity index (χ1) is 9.70. The lowest BCUT2D eigenvalue weighted by Crippen LogP contribution is -2.16. The second-order valence-electron chi connectivity index (χ2n) is 5.23. The molecular formula is C17H21N3. The van der Waals surface area contributed by atoms with E-state index < -0.39 is 0 Å². The molecule has 1 aromatic heterocycles. The van der Waals surface area contributed by atoms with Gasteiger partial charge in [0, 0.05) is 19.8 Å². The second-order valence-corrected chi connectivity index (χ2v) is 5.23. The van der Waals surface area contributed by atoms with Crippen LogP contribution in [0.3, 0.4) is 0 Å². The summed E-state index contributed by atoms with van der Waals surface area (Å²) in [5.74, 6) is 0.564. The molecule has 0 spiro atoms. The van der Waals surface area contributed by atoms with Crippen LogP contribution in [-0.4, -0.2) is 11.1 Å². The zero-order valence-corrected chi connectivity index (χ0v) is 12.1. The van der Waals surface area contributed by atoms with Gasteiger partial charge in [-0.1, -0.05) is 37.3 Å². The summed E-state index contributed by atoms with van der Waals surface area (Å²) in [6.07, 6.45) is 3.12. The third kappa shape index (κ3) is 3.72. The van der Waals surface area contributed by atoms with Gasteiger partial charge in [-0.05, 0) is 36.1 Å². The quantitative estimate of drug-likeness (QED) is 0.817. The van der Waals surface area contributed by atoms with Crippen LogP contribution in [0.5, 0.6) is 0 Å². The molecule has 2 aromatic rings. The van der Waals surface area contributed by atoms with Crippen molar-refractivity contribution < 1.29 is 0 Å². The molecule has 0 aliphatic heterocycles. The highest BCUT2D eigenvalue weighted by atomic mass is 14.9. The van der Waals surface area contributed by atoms with Crippen LogP contribution in [-0.2, 0) is 13.6 Å². The zero-order chi connectivity index (χ0) is 14.4. The number of nitrogens with zero attached hydrogens (tertiary/aromatic N) is 2. The Morgan fingerprint density at radius 1 is 1.30 bits per heavy atom. The number of rotatable bonds is 6. The zero-order valence-electron chi connectivity index (χ0n) is 12.1. The van der Waals surface area contributed by atoms with E-state index in [-0.39, 0.29) is 0 Å². The topological polar surface area (TPSA) is 40.8 Å². The van der Waals surface area contributed by atoms with Crippen molar-refractivity contribution >= 4 is 0 Å². The number of benzene rings is 1. The first-order valence-electron chi connectivity index (χ1n) is 7.01. The fourth-order valence-electron chi connectivity index (χ4n) is 2.34. The predicted octanol–water partition coefficient (Wildman–Crippen LogP) is 3.18. The summed E-state index contributed by atoms with van der Waals surface area (Å²) in [5, 5.41) is 12.4. The van der Waals surface area contributed by atoms with Gasteiger partial charge in [0.1, 0.15) is 11.8 Å². The van der Waals surface area contributed by atoms with Crippen LogP contribution in [0.2, 0.25) is 0 Å². The van der Waals surface area contributed by atoms with E-state index in [1.54, 1.807) is 0 Å². The van der Waals surface area contributed by atoms with E-state index in [2.05, 4.69) is 48.6 Å². The Bertz CT molecular complexity index is 578. The molecule has 1 N–H and O–H groups in total. The molecule has 0 saturated heterocycles. The normalized spacial score (nSPS) is 12.1. The van der Waals surface area contributed by atoms with Crippen LogP contribution in [0.4, 0.5) is 0 Å². The highest BCUT2D eigenvalue weighted by Crippen LogP contribution is 2.17. The molecule has 0 bridgehead atoms. The van der Waals surface area contributed by atoms with E-state index in [0.717, 1.165) is 25.1 Å². The van der Waals surface area contributed by atoms with Crippen molar-refractivity contribution in [2.45, 2.75) is 25.8 Å². The third-order valence-electron chi connectivity index (χ3n) is 3.63. The smallest absolute Gasteiger partial charge is 0.120 e. The average Bonchev–Trinajstić information content (AvgIpc) is 2.84. The summed E-state index contributed by atoms with van der Waals surface area (Å²) >= 11 is 0. The van der Waals surface area contributed by atoms with E-state index in [1.165, 1.54) is 5.56 Å². The van der Waals surface area contributed by atoms with Crippen molar-refractivity contribution in [3.8, 4) is 6.07 Å². The lowest BCUT2D eigenvalue weighted by Gasteiger charge is -2.12. The van der Waals surface area contributed by atoms with Gasteiger partial charge in [-0.3, -0.25) is 0 Å². The molecular weight excluding hydrogens is 246 g/mol. The Balaban J connectivity index is 1.75. The molecule has 20 heavy (non-hydrogen) atoms. The van der Waals surface area contributed by atoms with E-state index in [1.807, 2.05) is 23.9 Å². The Morgan fingerprint density at radius 3 is 2.70 bits per heavy atom. The molecule has 1 heterocycles. The number of aromatic nitrogens is 1. The molecule has 3 heteroatoms. The van der Waals surface area contributed by atoms with Crippen molar-refractivity contribution in [2.75, 3.05) is 6.54 Å². The fourth-order valence-corrected chi connectivity index (χ4v) is 2.34. The molecule has 3 nitrogen and oxygen atoms in total. The maximum atomic E-state index is 8.91. The number of nitriles is 1. The molecule has 0 aliphatic rings. The second kappa shape index (κ2) is 6.93. The molecule has 0 aliphatic carbocycles. The molecule has 104 valence electrons. The summed E-state index contributed by atoms with van der Waals surface area (Å²) in [7, 11) is 1.90. The molecule has 2 rings (SSSR count). The average molecular weight is 267 g/mol. The number of nitrogens with one attached hydrogen (secondary N) is 1. The monoisotopic (exact) mass is 267 g/mol. The fraction of sp³-hybridized carbons (Fsp3) is 0.353. The molecule has 1 unspecified atom stereocenters. The summed E-state index contributed by atoms with van der Waals surface area (Å²) in [6, 6.07) is 14.7. The predicted molar refractivity (Wildman–Crippen MR) is 81.3 cm³/mol. The Kier molecular flexibility index (Phi) is 4.97. The van der Waals surface area contributed by atoms with E-state index in [0.29, 0.717) is 11.6 Å². The first-order valence-corrected chi connectivity index (χ1v) is 7.01. The SMILES string of the molecule is CC(CCNCc1cc(C#N)n(C)c1)c1ccccc1. The van der Waals surface area contributed by atoms with Crippen LogP contribution < -0.4 is 5.32 Å². The van der Waals surface area contributed by atoms with Crippen molar-refractivity contribution in [1.82, 2.24) is 9.88 Å². The van der Waals surface area contributed by atoms with Crippen molar-refractivity contribution in [3.05, 3.63) is 59.4 Å². The van der Waals surface area contributed by atoms with Gasteiger partial charge in [-0.15, -0.1) is 0 Å². The van der Waals surface area contributed by atoms with E-state index in [9.17, 15) is 0 Å². The summed E-state index contributed by atoms with van der Waals surface area (Å²) in [4.78, 5) is 0. The van der Waals surface area contributed by atoms with Crippen molar-refractivity contribution in [3.63, 3.8) is 0 Å². The van der Waals surface area contributed by atoms with Gasteiger partial charge in [0.2, 0.25) is 0 Å². The molecule has 0 amide bonds. The molecule has 0 radical (unpaired) electrons. The highest BCUT2D eigenvalue weighted by Gasteiger charge is 2.05. The number of aryl methyl sites for hydroxylation is 1. The first kappa shape index (κ1) is 14.4. The number of hydrogen-bond donors (Lipinski definition) is 1. The lowest BCUT2D eigenvalue weighted by atomic mass is 9.98. The van der Waals surface area contributed by atoms with Gasteiger partial charge in [-0.25, -0.2) is 0 Å². The van der Waals surface area contributed by atoms with Gasteiger partial charge in [-0.2, -0.15) is 5.26 Å². The van der Waals surface area contributed by atoms with Gasteiger partial charge in [0.15, 0.2) is 0 Å². The van der Waals surface area contributed by atoms with Crippen LogP contribution in [0.15, 0.2) is 42.6 Å². The van der Waals surface area contributed by atoms with Crippen LogP contribution in [0.25, 0.3) is 0 Å². The summed E-state index contributed by atoms with van der Waals surface area (Å²) < 4.78 is 1.86. The molecule has 0 saturated carbocycles.